The fraction of sp³-hybridized carbons (Fsp3) is 0.185. The van der Waals surface area contributed by atoms with E-state index in [9.17, 15) is 14.4 Å². The second-order valence-corrected chi connectivity index (χ2v) is 9.39. The number of fused-ring (bicyclic) bond motifs is 1. The average molecular weight is 485 g/mol. The van der Waals surface area contributed by atoms with E-state index in [1.165, 1.54) is 22.1 Å². The smallest absolute Gasteiger partial charge is 0.267 e. The maximum Gasteiger partial charge on any atom is 0.267 e. The van der Waals surface area contributed by atoms with Crippen molar-refractivity contribution >= 4 is 23.2 Å². The zero-order valence-electron chi connectivity index (χ0n) is 19.0. The van der Waals surface area contributed by atoms with Gasteiger partial charge >= 0.3 is 0 Å². The Balaban J connectivity index is 1.28. The van der Waals surface area contributed by atoms with Crippen LogP contribution in [0.4, 0.5) is 0 Å². The Kier molecular flexibility index (Phi) is 6.54. The van der Waals surface area contributed by atoms with Crippen molar-refractivity contribution in [3.8, 4) is 10.6 Å². The molecular weight excluding hydrogens is 460 g/mol. The van der Waals surface area contributed by atoms with Gasteiger partial charge in [-0.15, -0.1) is 11.3 Å². The van der Waals surface area contributed by atoms with Crippen LogP contribution in [0.1, 0.15) is 27.4 Å². The first kappa shape index (κ1) is 22.7. The van der Waals surface area contributed by atoms with Gasteiger partial charge in [-0.2, -0.15) is 5.10 Å². The third-order valence-corrected chi connectivity index (χ3v) is 6.98. The van der Waals surface area contributed by atoms with E-state index in [4.69, 9.17) is 0 Å². The van der Waals surface area contributed by atoms with Crippen molar-refractivity contribution in [3.05, 3.63) is 111 Å². The Morgan fingerprint density at radius 1 is 0.971 bits per heavy atom. The van der Waals surface area contributed by atoms with E-state index in [0.29, 0.717) is 25.3 Å². The quantitative estimate of drug-likeness (QED) is 0.415. The number of hydrogen-bond donors (Lipinski definition) is 1. The van der Waals surface area contributed by atoms with Crippen LogP contribution in [0.5, 0.6) is 0 Å². The van der Waals surface area contributed by atoms with E-state index < -0.39 is 0 Å². The summed E-state index contributed by atoms with van der Waals surface area (Å²) in [5, 5.41) is 9.24. The van der Waals surface area contributed by atoms with Crippen molar-refractivity contribution in [1.82, 2.24) is 20.0 Å². The van der Waals surface area contributed by atoms with Gasteiger partial charge in [0.05, 0.1) is 4.88 Å². The number of aromatic nitrogens is 2. The number of carbonyl (C=O) groups excluding carboxylic acids is 2. The lowest BCUT2D eigenvalue weighted by atomic mass is 9.98. The molecule has 2 amide bonds. The molecule has 8 heteroatoms. The summed E-state index contributed by atoms with van der Waals surface area (Å²) >= 11 is 1.52. The maximum atomic E-state index is 12.9. The summed E-state index contributed by atoms with van der Waals surface area (Å²) in [7, 11) is 0. The molecule has 0 spiro atoms. The molecule has 0 saturated carbocycles. The zero-order chi connectivity index (χ0) is 24.2. The van der Waals surface area contributed by atoms with Crippen LogP contribution in [0.3, 0.4) is 0 Å². The first-order valence-corrected chi connectivity index (χ1v) is 12.3. The average Bonchev–Trinajstić information content (AvgIpc) is 3.52. The minimum atomic E-state index is -0.333. The molecular formula is C27H24N4O3S. The monoisotopic (exact) mass is 484 g/mol. The summed E-state index contributed by atoms with van der Waals surface area (Å²) in [4.78, 5) is 40.7. The Hall–Kier alpha value is -4.04. The van der Waals surface area contributed by atoms with Crippen LogP contribution in [0.25, 0.3) is 10.6 Å². The van der Waals surface area contributed by atoms with Crippen LogP contribution in [-0.2, 0) is 17.9 Å². The zero-order valence-corrected chi connectivity index (χ0v) is 19.8. The molecule has 0 radical (unpaired) electrons. The lowest BCUT2D eigenvalue weighted by Gasteiger charge is -2.24. The summed E-state index contributed by atoms with van der Waals surface area (Å²) in [6, 6.07) is 24.4. The first-order valence-electron chi connectivity index (χ1n) is 11.4. The molecule has 1 N–H and O–H groups in total. The lowest BCUT2D eigenvalue weighted by molar-refractivity contribution is -0.122. The largest absolute Gasteiger partial charge is 0.354 e. The molecule has 35 heavy (non-hydrogen) atoms. The highest BCUT2D eigenvalue weighted by Crippen LogP contribution is 2.26. The van der Waals surface area contributed by atoms with Gasteiger partial charge in [0.2, 0.25) is 5.91 Å². The fourth-order valence-electron chi connectivity index (χ4n) is 4.29. The number of rotatable bonds is 8. The molecule has 0 fully saturated rings. The molecule has 3 heterocycles. The SMILES string of the molecule is O=C(Cn1nc(-c2cccs2)ccc1=O)NC[C@@H](CN1Cc2ccccc2C1=O)c1ccccc1. The number of nitrogens with zero attached hydrogens (tertiary/aromatic N) is 3. The standard InChI is InChI=1S/C27H24N4O3S/c32-25(18-31-26(33)13-12-23(29-31)24-11-6-14-35-24)28-15-21(19-7-2-1-3-8-19)17-30-16-20-9-4-5-10-22(20)27(30)34/h1-14,21H,15-18H2,(H,28,32)/t21-/m0/s1. The van der Waals surface area contributed by atoms with E-state index in [-0.39, 0.29) is 29.8 Å². The number of carbonyl (C=O) groups is 2. The van der Waals surface area contributed by atoms with Crippen LogP contribution in [-0.4, -0.2) is 39.6 Å². The van der Waals surface area contributed by atoms with E-state index in [2.05, 4.69) is 10.4 Å². The highest BCUT2D eigenvalue weighted by molar-refractivity contribution is 7.13. The summed E-state index contributed by atoms with van der Waals surface area (Å²) in [6.45, 7) is 1.20. The second kappa shape index (κ2) is 10.1. The molecule has 176 valence electrons. The highest BCUT2D eigenvalue weighted by atomic mass is 32.1. The van der Waals surface area contributed by atoms with Crippen LogP contribution in [0, 0.1) is 0 Å². The molecule has 0 unspecified atom stereocenters. The third-order valence-electron chi connectivity index (χ3n) is 6.09. The van der Waals surface area contributed by atoms with Gasteiger partial charge in [-0.25, -0.2) is 4.68 Å². The Morgan fingerprint density at radius 2 is 1.77 bits per heavy atom. The van der Waals surface area contributed by atoms with Crippen LogP contribution >= 0.6 is 11.3 Å². The van der Waals surface area contributed by atoms with Gasteiger partial charge in [0, 0.05) is 37.2 Å². The van der Waals surface area contributed by atoms with Crippen molar-refractivity contribution in [2.24, 2.45) is 0 Å². The van der Waals surface area contributed by atoms with Crippen LogP contribution in [0.15, 0.2) is 89.0 Å². The van der Waals surface area contributed by atoms with Gasteiger partial charge in [-0.3, -0.25) is 14.4 Å². The van der Waals surface area contributed by atoms with Crippen molar-refractivity contribution in [1.29, 1.82) is 0 Å². The Bertz CT molecular complexity index is 1400. The van der Waals surface area contributed by atoms with E-state index >= 15 is 0 Å². The maximum absolute atomic E-state index is 12.9. The molecule has 1 atom stereocenters. The second-order valence-electron chi connectivity index (χ2n) is 8.45. The van der Waals surface area contributed by atoms with Gasteiger partial charge in [0.25, 0.3) is 11.5 Å². The van der Waals surface area contributed by atoms with Crippen molar-refractivity contribution in [2.45, 2.75) is 19.0 Å². The molecule has 0 saturated heterocycles. The highest BCUT2D eigenvalue weighted by Gasteiger charge is 2.29. The molecule has 2 aromatic carbocycles. The third kappa shape index (κ3) is 5.07. The summed E-state index contributed by atoms with van der Waals surface area (Å²) in [5.74, 6) is -0.394. The van der Waals surface area contributed by atoms with Gasteiger partial charge in [0.1, 0.15) is 12.2 Å². The minimum Gasteiger partial charge on any atom is -0.354 e. The number of hydrogen-bond acceptors (Lipinski definition) is 5. The van der Waals surface area contributed by atoms with Crippen molar-refractivity contribution in [3.63, 3.8) is 0 Å². The molecule has 1 aliphatic rings. The normalized spacial score (nSPS) is 13.5. The lowest BCUT2D eigenvalue weighted by Crippen LogP contribution is -2.38. The van der Waals surface area contributed by atoms with E-state index in [0.717, 1.165) is 21.6 Å². The van der Waals surface area contributed by atoms with Gasteiger partial charge in [-0.05, 0) is 34.7 Å². The molecule has 2 aromatic heterocycles. The predicted octanol–water partition coefficient (Wildman–Crippen LogP) is 3.53. The van der Waals surface area contributed by atoms with Crippen LogP contribution in [0.2, 0.25) is 0 Å². The van der Waals surface area contributed by atoms with Gasteiger partial charge in [-0.1, -0.05) is 54.6 Å². The number of benzene rings is 2. The van der Waals surface area contributed by atoms with Crippen LogP contribution < -0.4 is 10.9 Å². The predicted molar refractivity (Wildman–Crippen MR) is 135 cm³/mol. The number of nitrogens with one attached hydrogen (secondary N) is 1. The number of amides is 2. The molecule has 4 aromatic rings. The molecule has 0 bridgehead atoms. The molecule has 0 aliphatic carbocycles. The number of thiophene rings is 1. The molecule has 1 aliphatic heterocycles. The van der Waals surface area contributed by atoms with Gasteiger partial charge < -0.3 is 10.2 Å². The van der Waals surface area contributed by atoms with Gasteiger partial charge in [0.15, 0.2) is 0 Å². The molecule has 5 rings (SSSR count). The summed E-state index contributed by atoms with van der Waals surface area (Å²) < 4.78 is 1.18. The van der Waals surface area contributed by atoms with Crippen molar-refractivity contribution < 1.29 is 9.59 Å². The van der Waals surface area contributed by atoms with Crippen molar-refractivity contribution in [2.75, 3.05) is 13.1 Å². The topological polar surface area (TPSA) is 84.3 Å². The Morgan fingerprint density at radius 3 is 2.54 bits per heavy atom. The molecule has 7 nitrogen and oxygen atoms in total. The Labute approximate surface area is 206 Å². The minimum absolute atomic E-state index is 0.00834. The van der Waals surface area contributed by atoms with E-state index in [1.807, 2.05) is 77.0 Å². The van der Waals surface area contributed by atoms with E-state index in [1.54, 1.807) is 6.07 Å². The summed E-state index contributed by atoms with van der Waals surface area (Å²) in [6.07, 6.45) is 0. The summed E-state index contributed by atoms with van der Waals surface area (Å²) in [5.41, 5.74) is 3.11. The fourth-order valence-corrected chi connectivity index (χ4v) is 4.98. The first-order chi connectivity index (χ1) is 17.1.